The van der Waals surface area contributed by atoms with Gasteiger partial charge in [0.25, 0.3) is 0 Å². The zero-order valence-electron chi connectivity index (χ0n) is 15.7. The number of aromatic nitrogens is 2. The van der Waals surface area contributed by atoms with Crippen LogP contribution in [0.5, 0.6) is 0 Å². The number of nitrogens with zero attached hydrogens (tertiary/aromatic N) is 3. The third-order valence-electron chi connectivity index (χ3n) is 4.04. The molecule has 2 rings (SSSR count). The van der Waals surface area contributed by atoms with E-state index in [0.29, 0.717) is 16.8 Å². The van der Waals surface area contributed by atoms with Crippen LogP contribution in [0, 0.1) is 6.92 Å². The number of hydrogen-bond acceptors (Lipinski definition) is 4. The van der Waals surface area contributed by atoms with E-state index in [1.807, 2.05) is 32.0 Å². The van der Waals surface area contributed by atoms with Crippen LogP contribution >= 0.6 is 15.9 Å². The number of hydrogen-bond donors (Lipinski definition) is 1. The first-order valence-corrected chi connectivity index (χ1v) is 9.55. The Bertz CT molecular complexity index is 817. The molecule has 1 aromatic heterocycles. The number of halogens is 4. The van der Waals surface area contributed by atoms with Crippen molar-refractivity contribution in [2.75, 3.05) is 17.3 Å². The molecule has 8 heteroatoms. The molecule has 0 aliphatic rings. The van der Waals surface area contributed by atoms with Crippen LogP contribution in [0.2, 0.25) is 0 Å². The second-order valence-electron chi connectivity index (χ2n) is 6.21. The summed E-state index contributed by atoms with van der Waals surface area (Å²) in [6.45, 7) is 6.04. The van der Waals surface area contributed by atoms with Crippen molar-refractivity contribution in [3.8, 4) is 11.3 Å². The van der Waals surface area contributed by atoms with Crippen molar-refractivity contribution in [2.24, 2.45) is 0 Å². The van der Waals surface area contributed by atoms with Crippen molar-refractivity contribution in [2.45, 2.75) is 38.8 Å². The predicted octanol–water partition coefficient (Wildman–Crippen LogP) is 6.03. The summed E-state index contributed by atoms with van der Waals surface area (Å²) in [5.41, 5.74) is 3.48. The van der Waals surface area contributed by atoms with Gasteiger partial charge in [-0.25, -0.2) is 9.97 Å². The predicted molar refractivity (Wildman–Crippen MR) is 107 cm³/mol. The minimum absolute atomic E-state index is 0.0162. The van der Waals surface area contributed by atoms with Crippen molar-refractivity contribution in [1.29, 1.82) is 0 Å². The first-order valence-electron chi connectivity index (χ1n) is 8.43. The summed E-state index contributed by atoms with van der Waals surface area (Å²) in [7, 11) is 1.92. The quantitative estimate of drug-likeness (QED) is 0.437. The lowest BCUT2D eigenvalue weighted by Gasteiger charge is -2.20. The van der Waals surface area contributed by atoms with E-state index in [4.69, 9.17) is 0 Å². The van der Waals surface area contributed by atoms with Crippen molar-refractivity contribution in [1.82, 2.24) is 9.97 Å². The summed E-state index contributed by atoms with van der Waals surface area (Å²) in [5, 5.41) is 1.98. The summed E-state index contributed by atoms with van der Waals surface area (Å²) in [6.07, 6.45) is -1.51. The van der Waals surface area contributed by atoms with Crippen LogP contribution in [-0.2, 0) is 5.33 Å². The molecule has 1 aromatic carbocycles. The van der Waals surface area contributed by atoms with E-state index in [2.05, 4.69) is 32.8 Å². The first kappa shape index (κ1) is 21.2. The van der Waals surface area contributed by atoms with Gasteiger partial charge in [-0.2, -0.15) is 13.2 Å². The molecule has 1 N–H and O–H groups in total. The highest BCUT2D eigenvalue weighted by Gasteiger charge is 2.27. The van der Waals surface area contributed by atoms with Crippen LogP contribution in [0.4, 0.5) is 24.7 Å². The molecule has 1 heterocycles. The lowest BCUT2D eigenvalue weighted by molar-refractivity contribution is -0.0999. The number of allylic oxidation sites excluding steroid dienone is 1. The van der Waals surface area contributed by atoms with Gasteiger partial charge in [-0.3, -0.25) is 5.32 Å². The van der Waals surface area contributed by atoms with Gasteiger partial charge in [-0.05, 0) is 32.4 Å². The minimum Gasteiger partial charge on any atom is -0.336 e. The van der Waals surface area contributed by atoms with Crippen LogP contribution in [0.25, 0.3) is 11.3 Å². The molecule has 0 fully saturated rings. The fourth-order valence-electron chi connectivity index (χ4n) is 2.59. The molecule has 0 amide bonds. The molecule has 0 unspecified atom stereocenters. The Morgan fingerprint density at radius 2 is 1.85 bits per heavy atom. The molecule has 0 radical (unpaired) electrons. The fraction of sp³-hybridized carbons (Fsp3) is 0.368. The highest BCUT2D eigenvalue weighted by atomic mass is 79.9. The molecule has 0 saturated heterocycles. The van der Waals surface area contributed by atoms with Gasteiger partial charge in [-0.1, -0.05) is 40.6 Å². The molecule has 0 saturated carbocycles. The summed E-state index contributed by atoms with van der Waals surface area (Å²) >= 11 is 3.39. The fourth-order valence-corrected chi connectivity index (χ4v) is 2.84. The maximum atomic E-state index is 12.5. The van der Waals surface area contributed by atoms with Gasteiger partial charge in [0.1, 0.15) is 11.6 Å². The Morgan fingerprint density at radius 1 is 1.22 bits per heavy atom. The minimum atomic E-state index is -4.46. The smallest absolute Gasteiger partial charge is 0.336 e. The lowest BCUT2D eigenvalue weighted by atomic mass is 10.1. The molecule has 27 heavy (non-hydrogen) atoms. The monoisotopic (exact) mass is 442 g/mol. The van der Waals surface area contributed by atoms with Gasteiger partial charge in [0.2, 0.25) is 0 Å². The maximum absolute atomic E-state index is 12.5. The zero-order valence-corrected chi connectivity index (χ0v) is 17.2. The van der Waals surface area contributed by atoms with Crippen LogP contribution in [0.15, 0.2) is 36.0 Å². The van der Waals surface area contributed by atoms with Gasteiger partial charge in [0, 0.05) is 30.1 Å². The summed E-state index contributed by atoms with van der Waals surface area (Å²) < 4.78 is 37.4. The Balaban J connectivity index is 2.46. The van der Waals surface area contributed by atoms with E-state index in [1.165, 1.54) is 23.0 Å². The molecular weight excluding hydrogens is 421 g/mol. The van der Waals surface area contributed by atoms with E-state index in [9.17, 15) is 13.2 Å². The SMILES string of the molecule is CCC(C)=CN(C)c1nc(CBr)nc(-c2ccc(NC(F)(F)F)cc2)c1C. The summed E-state index contributed by atoms with van der Waals surface area (Å²) in [5.74, 6) is 1.37. The number of anilines is 2. The lowest BCUT2D eigenvalue weighted by Crippen LogP contribution is -2.20. The van der Waals surface area contributed by atoms with Gasteiger partial charge >= 0.3 is 6.30 Å². The molecule has 0 aliphatic heterocycles. The Kier molecular flexibility index (Phi) is 6.86. The Hall–Kier alpha value is -2.09. The van der Waals surface area contributed by atoms with Gasteiger partial charge < -0.3 is 4.90 Å². The number of rotatable bonds is 6. The molecular formula is C19H22BrF3N4. The Morgan fingerprint density at radius 3 is 2.37 bits per heavy atom. The third-order valence-corrected chi connectivity index (χ3v) is 4.54. The molecule has 0 aliphatic carbocycles. The van der Waals surface area contributed by atoms with Crippen molar-refractivity contribution < 1.29 is 13.2 Å². The zero-order chi connectivity index (χ0) is 20.2. The highest BCUT2D eigenvalue weighted by molar-refractivity contribution is 9.08. The molecule has 4 nitrogen and oxygen atoms in total. The maximum Gasteiger partial charge on any atom is 0.482 e. The average molecular weight is 443 g/mol. The van der Waals surface area contributed by atoms with Crippen molar-refractivity contribution >= 4 is 27.4 Å². The molecule has 2 aromatic rings. The standard InChI is InChI=1S/C19H22BrF3N4/c1-5-12(2)11-27(4)18-13(3)17(24-16(10-20)25-18)14-6-8-15(9-7-14)26-19(21,22)23/h6-9,11,26H,5,10H2,1-4H3. The number of benzene rings is 1. The van der Waals surface area contributed by atoms with E-state index >= 15 is 0 Å². The first-order chi connectivity index (χ1) is 12.6. The second-order valence-corrected chi connectivity index (χ2v) is 6.77. The number of nitrogens with one attached hydrogen (secondary N) is 1. The van der Waals surface area contributed by atoms with E-state index < -0.39 is 6.30 Å². The van der Waals surface area contributed by atoms with Crippen LogP contribution < -0.4 is 10.2 Å². The van der Waals surface area contributed by atoms with Crippen LogP contribution in [0.1, 0.15) is 31.7 Å². The Labute approximate surface area is 165 Å². The second kappa shape index (κ2) is 8.73. The summed E-state index contributed by atoms with van der Waals surface area (Å²) in [4.78, 5) is 11.1. The highest BCUT2D eigenvalue weighted by Crippen LogP contribution is 2.30. The molecule has 0 atom stereocenters. The average Bonchev–Trinajstić information content (AvgIpc) is 2.61. The van der Waals surface area contributed by atoms with E-state index in [0.717, 1.165) is 23.4 Å². The van der Waals surface area contributed by atoms with Crippen molar-refractivity contribution in [3.05, 3.63) is 47.4 Å². The topological polar surface area (TPSA) is 41.1 Å². The molecule has 0 bridgehead atoms. The van der Waals surface area contributed by atoms with Gasteiger partial charge in [0.05, 0.1) is 11.0 Å². The van der Waals surface area contributed by atoms with Crippen molar-refractivity contribution in [3.63, 3.8) is 0 Å². The van der Waals surface area contributed by atoms with E-state index in [-0.39, 0.29) is 5.69 Å². The number of alkyl halides is 4. The van der Waals surface area contributed by atoms with E-state index in [1.54, 1.807) is 12.1 Å². The molecule has 0 spiro atoms. The largest absolute Gasteiger partial charge is 0.482 e. The molecule has 146 valence electrons. The normalized spacial score (nSPS) is 12.2. The third kappa shape index (κ3) is 5.69. The van der Waals surface area contributed by atoms with Gasteiger partial charge in [0.15, 0.2) is 0 Å². The van der Waals surface area contributed by atoms with Crippen LogP contribution in [0.3, 0.4) is 0 Å². The van der Waals surface area contributed by atoms with Crippen LogP contribution in [-0.4, -0.2) is 23.3 Å². The van der Waals surface area contributed by atoms with Gasteiger partial charge in [-0.15, -0.1) is 0 Å². The summed E-state index contributed by atoms with van der Waals surface area (Å²) in [6, 6.07) is 6.03.